The lowest BCUT2D eigenvalue weighted by atomic mass is 9.80. The summed E-state index contributed by atoms with van der Waals surface area (Å²) in [5, 5.41) is 21.4. The first-order valence-electron chi connectivity index (χ1n) is 48.8. The first kappa shape index (κ1) is 81.6. The highest BCUT2D eigenvalue weighted by atomic mass is 32.1. The van der Waals surface area contributed by atoms with Crippen molar-refractivity contribution in [1.82, 2.24) is 18.3 Å². The van der Waals surface area contributed by atoms with E-state index in [2.05, 4.69) is 486 Å². The van der Waals surface area contributed by atoms with Crippen molar-refractivity contribution in [3.63, 3.8) is 0 Å². The molecule has 4 aliphatic carbocycles. The first-order valence-corrected chi connectivity index (χ1v) is 52.1. The van der Waals surface area contributed by atoms with E-state index in [1.165, 1.54) is 280 Å². The van der Waals surface area contributed by atoms with Gasteiger partial charge in [-0.3, -0.25) is 0 Å². The van der Waals surface area contributed by atoms with Crippen LogP contribution in [0.1, 0.15) is 99.9 Å². The fourth-order valence-electron chi connectivity index (χ4n) is 25.6. The number of fused-ring (bicyclic) bond motifs is 39. The van der Waals surface area contributed by atoms with E-state index >= 15 is 0 Å². The summed E-state index contributed by atoms with van der Waals surface area (Å²) in [7, 11) is 0. The minimum absolute atomic E-state index is 0.00515. The molecule has 0 saturated heterocycles. The molecule has 32 rings (SSSR count). The van der Waals surface area contributed by atoms with Gasteiger partial charge in [0.25, 0.3) is 0 Å². The zero-order valence-electron chi connectivity index (χ0n) is 78.7. The molecule has 8 aromatic heterocycles. The van der Waals surface area contributed by atoms with Gasteiger partial charge in [0.05, 0.1) is 64.9 Å². The molecule has 0 N–H and O–H groups in total. The van der Waals surface area contributed by atoms with E-state index in [4.69, 9.17) is 0 Å². The Labute approximate surface area is 826 Å². The molecule has 8 heteroatoms. The van der Waals surface area contributed by atoms with Gasteiger partial charge in [-0.15, -0.1) is 45.3 Å². The minimum atomic E-state index is -0.0516. The average molecular weight is 1860 g/mol. The van der Waals surface area contributed by atoms with Crippen molar-refractivity contribution >= 4 is 213 Å². The highest BCUT2D eigenvalue weighted by molar-refractivity contribution is 7.27. The number of thiophene rings is 4. The first-order chi connectivity index (χ1) is 68.5. The second kappa shape index (κ2) is 30.0. The molecule has 0 spiro atoms. The average Bonchev–Trinajstić information content (AvgIpc) is 1.56. The number of nitrogens with zero attached hydrogens (tertiary/aromatic N) is 4. The minimum Gasteiger partial charge on any atom is -0.309 e. The van der Waals surface area contributed by atoms with Crippen molar-refractivity contribution in [2.75, 3.05) is 0 Å². The van der Waals surface area contributed by atoms with E-state index in [1.807, 2.05) is 45.3 Å². The van der Waals surface area contributed by atoms with Gasteiger partial charge >= 0.3 is 0 Å². The molecule has 140 heavy (non-hydrogen) atoms. The number of benzene rings is 20. The van der Waals surface area contributed by atoms with Crippen LogP contribution >= 0.6 is 45.3 Å². The van der Waals surface area contributed by atoms with Crippen molar-refractivity contribution in [2.45, 2.75) is 77.0 Å². The zero-order valence-corrected chi connectivity index (χ0v) is 81.9. The van der Waals surface area contributed by atoms with E-state index in [-0.39, 0.29) is 21.7 Å². The third kappa shape index (κ3) is 11.4. The molecular formula is C132H92N4S4. The molecule has 0 amide bonds. The summed E-state index contributed by atoms with van der Waals surface area (Å²) < 4.78 is 20.7. The van der Waals surface area contributed by atoms with Gasteiger partial charge in [-0.2, -0.15) is 0 Å². The van der Waals surface area contributed by atoms with Crippen LogP contribution in [0.4, 0.5) is 0 Å². The number of para-hydroxylation sites is 4. The summed E-state index contributed by atoms with van der Waals surface area (Å²) in [5.74, 6) is 0. The molecule has 4 aliphatic rings. The van der Waals surface area contributed by atoms with Crippen molar-refractivity contribution in [3.8, 4) is 67.3 Å². The van der Waals surface area contributed by atoms with E-state index in [0.717, 1.165) is 0 Å². The largest absolute Gasteiger partial charge is 0.309 e. The predicted octanol–water partition coefficient (Wildman–Crippen LogP) is 37.8. The quantitative estimate of drug-likeness (QED) is 0.167. The highest BCUT2D eigenvalue weighted by Crippen LogP contribution is 2.60. The van der Waals surface area contributed by atoms with Crippen LogP contribution in [-0.2, 0) is 21.7 Å². The van der Waals surface area contributed by atoms with Crippen LogP contribution < -0.4 is 0 Å². The summed E-state index contributed by atoms with van der Waals surface area (Å²) in [5.41, 5.74) is 37.5. The van der Waals surface area contributed by atoms with Crippen molar-refractivity contribution in [3.05, 3.63) is 457 Å². The molecule has 0 unspecified atom stereocenters. The molecule has 28 aromatic rings. The van der Waals surface area contributed by atoms with Crippen molar-refractivity contribution < 1.29 is 0 Å². The third-order valence-electron chi connectivity index (χ3n) is 32.0. The molecular weight excluding hydrogens is 1770 g/mol. The van der Waals surface area contributed by atoms with E-state index < -0.39 is 0 Å². The van der Waals surface area contributed by atoms with Crippen LogP contribution in [-0.4, -0.2) is 18.3 Å². The molecule has 664 valence electrons. The van der Waals surface area contributed by atoms with Gasteiger partial charge in [-0.25, -0.2) is 0 Å². The molecule has 4 nitrogen and oxygen atoms in total. The molecule has 0 atom stereocenters. The van der Waals surface area contributed by atoms with Crippen LogP contribution in [0, 0.1) is 0 Å². The molecule has 8 heterocycles. The summed E-state index contributed by atoms with van der Waals surface area (Å²) in [6.45, 7) is 18.9. The Balaban J connectivity index is 0.0000000896. The van der Waals surface area contributed by atoms with Gasteiger partial charge in [0.2, 0.25) is 0 Å². The Morgan fingerprint density at radius 2 is 0.536 bits per heavy atom. The van der Waals surface area contributed by atoms with Gasteiger partial charge in [0.1, 0.15) is 0 Å². The topological polar surface area (TPSA) is 19.7 Å². The summed E-state index contributed by atoms with van der Waals surface area (Å²) in [6.07, 6.45) is 0. The van der Waals surface area contributed by atoms with Crippen LogP contribution in [0.3, 0.4) is 0 Å². The Morgan fingerprint density at radius 3 is 1.08 bits per heavy atom. The molecule has 0 fully saturated rings. The lowest BCUT2D eigenvalue weighted by Crippen LogP contribution is -2.15. The maximum absolute atomic E-state index is 2.51. The van der Waals surface area contributed by atoms with Crippen LogP contribution in [0.2, 0.25) is 0 Å². The second-order valence-electron chi connectivity index (χ2n) is 40.7. The molecule has 0 aliphatic heterocycles. The van der Waals surface area contributed by atoms with Gasteiger partial charge in [-0.05, 0) is 193 Å². The van der Waals surface area contributed by atoms with E-state index in [0.29, 0.717) is 0 Å². The highest BCUT2D eigenvalue weighted by Gasteiger charge is 2.43. The second-order valence-corrected chi connectivity index (χ2v) is 45.0. The van der Waals surface area contributed by atoms with Crippen LogP contribution in [0.25, 0.3) is 235 Å². The monoisotopic (exact) mass is 1860 g/mol. The van der Waals surface area contributed by atoms with Gasteiger partial charge in [0, 0.05) is 153 Å². The number of hydrogen-bond acceptors (Lipinski definition) is 4. The number of rotatable bonds is 4. The molecule has 0 radical (unpaired) electrons. The summed E-state index contributed by atoms with van der Waals surface area (Å²) in [6, 6.07) is 153. The zero-order chi connectivity index (χ0) is 93.2. The normalized spacial score (nSPS) is 14.2. The summed E-state index contributed by atoms with van der Waals surface area (Å²) in [4.78, 5) is 0. The molecule has 0 bridgehead atoms. The molecule has 20 aromatic carbocycles. The maximum atomic E-state index is 2.51. The van der Waals surface area contributed by atoms with Gasteiger partial charge in [-0.1, -0.05) is 359 Å². The summed E-state index contributed by atoms with van der Waals surface area (Å²) >= 11 is 7.56. The van der Waals surface area contributed by atoms with Crippen LogP contribution in [0.5, 0.6) is 0 Å². The van der Waals surface area contributed by atoms with Crippen molar-refractivity contribution in [1.29, 1.82) is 0 Å². The third-order valence-corrected chi connectivity index (χ3v) is 36.7. The Hall–Kier alpha value is -15.5. The van der Waals surface area contributed by atoms with E-state index in [1.54, 1.807) is 0 Å². The smallest absolute Gasteiger partial charge is 0.0640 e. The lowest BCUT2D eigenvalue weighted by Gasteiger charge is -2.22. The fourth-order valence-corrected chi connectivity index (χ4v) is 30.3. The standard InChI is InChI=1S/4C33H23NS/c1-33(2)24-14-6-3-11-22(24)30-25(33)18-19-27-31(30)23-12-4-7-15-26(23)34(27)28-16-9-13-21-20-10-5-8-17-29(20)35-32(21)28;1-33(2)25-14-6-3-10-20(25)22-18-19-27-30(31(22)33)24-12-4-7-15-26(24)34(27)28-16-9-13-23-21-11-5-8-17-29(21)35-32(23)28;1-33(2)26-12-6-3-11-25(26)31-27(33)18-17-24-21-9-4-7-13-28(21)34(32(24)31)20-15-16-23-22-10-5-8-14-29(22)35-30(23)19-20;1-33(2)27-12-6-3-9-21(27)25-18-26-22-10-4-7-13-29(22)34(30(26)19-28(25)33)20-15-16-24-23-11-5-8-14-31(23)35-32(24)17-20/h4*3-19H,1-2H3. The predicted molar refractivity (Wildman–Crippen MR) is 605 cm³/mol. The van der Waals surface area contributed by atoms with Gasteiger partial charge in [0.15, 0.2) is 0 Å². The number of aromatic nitrogens is 4. The Bertz CT molecular complexity index is 10200. The number of hydrogen-bond donors (Lipinski definition) is 0. The van der Waals surface area contributed by atoms with Crippen LogP contribution in [0.15, 0.2) is 413 Å². The van der Waals surface area contributed by atoms with E-state index in [9.17, 15) is 0 Å². The SMILES string of the molecule is CC1(C)c2ccccc2-c2c1ccc1c2c2ccccc2n1-c1cccc2c1sc1ccccc12.CC1(C)c2ccccc2-c2c1ccc1c3ccccc3n(-c3ccc4c(c3)sc3ccccc34)c21.CC1(C)c2ccccc2-c2cc3c4ccccc4n(-c4ccc5c(c4)sc4ccccc45)c3cc21.CC1(C)c2ccccc2-c2ccc3c(c21)c1ccccc1n3-c1cccc2c1sc1ccccc12. The van der Waals surface area contributed by atoms with Crippen molar-refractivity contribution in [2.24, 2.45) is 0 Å². The Kier molecular flexibility index (Phi) is 17.5. The van der Waals surface area contributed by atoms with Gasteiger partial charge < -0.3 is 18.3 Å². The molecule has 0 saturated carbocycles. The lowest BCUT2D eigenvalue weighted by molar-refractivity contribution is 0.660. The fraction of sp³-hybridized carbons (Fsp3) is 0.0909. The Morgan fingerprint density at radius 1 is 0.179 bits per heavy atom. The maximum Gasteiger partial charge on any atom is 0.0640 e.